The number of aryl methyl sites for hydroxylation is 2. The van der Waals surface area contributed by atoms with E-state index >= 15 is 0 Å². The molecule has 266 valence electrons. The van der Waals surface area contributed by atoms with Crippen molar-refractivity contribution >= 4 is 21.5 Å². The molecular weight excluding hydrogens is 652 g/mol. The fourth-order valence-corrected chi connectivity index (χ4v) is 8.89. The van der Waals surface area contributed by atoms with Crippen molar-refractivity contribution in [2.24, 2.45) is 0 Å². The molecule has 0 unspecified atom stereocenters. The average molecular weight is 697 g/mol. The van der Waals surface area contributed by atoms with Crippen molar-refractivity contribution in [1.82, 2.24) is 0 Å². The number of benzene rings is 6. The minimum Gasteiger partial charge on any atom is -0.497 e. The lowest BCUT2D eigenvalue weighted by Crippen LogP contribution is -2.16. The molecule has 0 spiro atoms. The topological polar surface area (TPSA) is 64.6 Å². The maximum atomic E-state index is 6.70. The molecule has 0 bridgehead atoms. The Morgan fingerprint density at radius 2 is 0.962 bits per heavy atom. The van der Waals surface area contributed by atoms with Gasteiger partial charge < -0.3 is 33.2 Å². The van der Waals surface area contributed by atoms with Crippen molar-refractivity contribution < 1.29 is 33.2 Å². The van der Waals surface area contributed by atoms with Crippen LogP contribution in [0.25, 0.3) is 54.9 Å². The standard InChI is InChI=1S/C45H44O7/c1-46-29-19-13-26(14-20-29)36-38-30(47-2)21-17-28-18-24-33(50-5)41(35(28)38)45(52-7)42(36)43-40-32(49-4)23-16-27-15-22-31(48-3)39(34(27)40)37(44(43)51-6)25-11-9-8-10-12-25/h8-14,16,18-20,23-24,30-31H,15,17,21-22H2,1-7H3/t30-,31+/m1/s1. The molecule has 2 aliphatic rings. The fourth-order valence-electron chi connectivity index (χ4n) is 8.89. The summed E-state index contributed by atoms with van der Waals surface area (Å²) in [5.41, 5.74) is 10.5. The molecule has 0 saturated carbocycles. The number of ether oxygens (including phenoxy) is 7. The zero-order valence-corrected chi connectivity index (χ0v) is 30.8. The molecule has 0 N–H and O–H groups in total. The van der Waals surface area contributed by atoms with Gasteiger partial charge in [-0.05, 0) is 94.1 Å². The first-order chi connectivity index (χ1) is 25.5. The molecule has 7 heteroatoms. The molecule has 0 heterocycles. The second kappa shape index (κ2) is 13.7. The highest BCUT2D eigenvalue weighted by atomic mass is 16.5. The molecule has 2 atom stereocenters. The van der Waals surface area contributed by atoms with Crippen molar-refractivity contribution in [2.75, 3.05) is 49.8 Å². The summed E-state index contributed by atoms with van der Waals surface area (Å²) in [5, 5.41) is 4.07. The van der Waals surface area contributed by atoms with Crippen LogP contribution < -0.4 is 23.7 Å². The first kappa shape index (κ1) is 33.9. The Hall–Kier alpha value is -5.24. The SMILES string of the molecule is COc1ccc(-c2c(-c3c(OC)c(-c4ccccc4)c4c5c(ccc(OC)c35)CC[C@@H]4OC)c(OC)c3c(OC)ccc4c3c2[C@H](OC)CC4)cc1. The quantitative estimate of drug-likeness (QED) is 0.141. The molecule has 52 heavy (non-hydrogen) atoms. The summed E-state index contributed by atoms with van der Waals surface area (Å²) in [4.78, 5) is 0. The molecule has 0 aliphatic heterocycles. The van der Waals surface area contributed by atoms with Crippen LogP contribution in [0.3, 0.4) is 0 Å². The van der Waals surface area contributed by atoms with Gasteiger partial charge in [0.05, 0.1) is 53.1 Å². The van der Waals surface area contributed by atoms with Crippen LogP contribution in [0.15, 0.2) is 78.9 Å². The van der Waals surface area contributed by atoms with Gasteiger partial charge in [0.15, 0.2) is 0 Å². The first-order valence-electron chi connectivity index (χ1n) is 17.8. The van der Waals surface area contributed by atoms with Crippen LogP contribution in [-0.2, 0) is 22.3 Å². The lowest BCUT2D eigenvalue weighted by molar-refractivity contribution is 0.0954. The number of rotatable bonds is 10. The van der Waals surface area contributed by atoms with Gasteiger partial charge in [-0.25, -0.2) is 0 Å². The zero-order valence-electron chi connectivity index (χ0n) is 30.8. The summed E-state index contributed by atoms with van der Waals surface area (Å²) < 4.78 is 44.1. The molecule has 0 radical (unpaired) electrons. The van der Waals surface area contributed by atoms with Crippen molar-refractivity contribution in [2.45, 2.75) is 37.9 Å². The maximum absolute atomic E-state index is 6.70. The second-order valence-electron chi connectivity index (χ2n) is 13.4. The molecule has 2 aliphatic carbocycles. The summed E-state index contributed by atoms with van der Waals surface area (Å²) in [6.07, 6.45) is 3.06. The van der Waals surface area contributed by atoms with Gasteiger partial charge in [0, 0.05) is 41.9 Å². The van der Waals surface area contributed by atoms with E-state index in [1.165, 1.54) is 11.1 Å². The van der Waals surface area contributed by atoms with E-state index in [0.29, 0.717) is 11.5 Å². The van der Waals surface area contributed by atoms with Gasteiger partial charge >= 0.3 is 0 Å². The predicted molar refractivity (Wildman–Crippen MR) is 207 cm³/mol. The second-order valence-corrected chi connectivity index (χ2v) is 13.4. The van der Waals surface area contributed by atoms with Gasteiger partial charge in [0.1, 0.15) is 28.7 Å². The van der Waals surface area contributed by atoms with Gasteiger partial charge in [-0.15, -0.1) is 0 Å². The normalized spacial score (nSPS) is 16.2. The highest BCUT2D eigenvalue weighted by Crippen LogP contribution is 2.61. The molecule has 8 rings (SSSR count). The molecule has 7 nitrogen and oxygen atoms in total. The van der Waals surface area contributed by atoms with Gasteiger partial charge in [0.2, 0.25) is 0 Å². The van der Waals surface area contributed by atoms with Gasteiger partial charge in [-0.1, -0.05) is 54.6 Å². The Morgan fingerprint density at radius 1 is 0.423 bits per heavy atom. The Balaban J connectivity index is 1.70. The van der Waals surface area contributed by atoms with Crippen molar-refractivity contribution in [3.63, 3.8) is 0 Å². The minimum atomic E-state index is -0.191. The molecule has 0 amide bonds. The molecule has 6 aromatic carbocycles. The Labute approximate surface area is 304 Å². The Bertz CT molecular complexity index is 2310. The highest BCUT2D eigenvalue weighted by molar-refractivity contribution is 6.18. The lowest BCUT2D eigenvalue weighted by Gasteiger charge is -2.34. The highest BCUT2D eigenvalue weighted by Gasteiger charge is 2.38. The third-order valence-corrected chi connectivity index (χ3v) is 11.1. The van der Waals surface area contributed by atoms with Crippen LogP contribution in [0.1, 0.15) is 47.3 Å². The van der Waals surface area contributed by atoms with Crippen LogP contribution >= 0.6 is 0 Å². The summed E-state index contributed by atoms with van der Waals surface area (Å²) in [7, 11) is 12.2. The molecule has 0 saturated heterocycles. The Morgan fingerprint density at radius 3 is 1.50 bits per heavy atom. The predicted octanol–water partition coefficient (Wildman–Crippen LogP) is 10.3. The summed E-state index contributed by atoms with van der Waals surface area (Å²) >= 11 is 0. The summed E-state index contributed by atoms with van der Waals surface area (Å²) in [5.74, 6) is 3.65. The maximum Gasteiger partial charge on any atom is 0.139 e. The van der Waals surface area contributed by atoms with E-state index in [9.17, 15) is 0 Å². The number of methoxy groups -OCH3 is 7. The van der Waals surface area contributed by atoms with E-state index in [0.717, 1.165) is 109 Å². The van der Waals surface area contributed by atoms with E-state index in [-0.39, 0.29) is 12.2 Å². The van der Waals surface area contributed by atoms with Crippen LogP contribution in [0, 0.1) is 0 Å². The van der Waals surface area contributed by atoms with Crippen LogP contribution in [-0.4, -0.2) is 49.8 Å². The van der Waals surface area contributed by atoms with Gasteiger partial charge in [0.25, 0.3) is 0 Å². The third kappa shape index (κ3) is 5.01. The zero-order chi connectivity index (χ0) is 36.1. The van der Waals surface area contributed by atoms with Crippen LogP contribution in [0.5, 0.6) is 28.7 Å². The van der Waals surface area contributed by atoms with Crippen molar-refractivity contribution in [3.05, 3.63) is 101 Å². The third-order valence-electron chi connectivity index (χ3n) is 11.1. The Kier molecular flexibility index (Phi) is 8.94. The fraction of sp³-hybridized carbons (Fsp3) is 0.289. The van der Waals surface area contributed by atoms with Crippen LogP contribution in [0.2, 0.25) is 0 Å². The van der Waals surface area contributed by atoms with E-state index < -0.39 is 0 Å². The average Bonchev–Trinajstić information content (AvgIpc) is 3.21. The van der Waals surface area contributed by atoms with E-state index in [1.807, 2.05) is 18.2 Å². The molecule has 6 aromatic rings. The van der Waals surface area contributed by atoms with Crippen molar-refractivity contribution in [1.29, 1.82) is 0 Å². The summed E-state index contributed by atoms with van der Waals surface area (Å²) in [6, 6.07) is 27.2. The van der Waals surface area contributed by atoms with Crippen molar-refractivity contribution in [3.8, 4) is 62.1 Å². The smallest absolute Gasteiger partial charge is 0.139 e. The lowest BCUT2D eigenvalue weighted by atomic mass is 9.74. The van der Waals surface area contributed by atoms with E-state index in [1.54, 1.807) is 49.8 Å². The van der Waals surface area contributed by atoms with E-state index in [4.69, 9.17) is 33.2 Å². The first-order valence-corrected chi connectivity index (χ1v) is 17.8. The van der Waals surface area contributed by atoms with Gasteiger partial charge in [-0.3, -0.25) is 0 Å². The molecule has 0 aromatic heterocycles. The van der Waals surface area contributed by atoms with Gasteiger partial charge in [-0.2, -0.15) is 0 Å². The monoisotopic (exact) mass is 696 g/mol. The minimum absolute atomic E-state index is 0.151. The molecule has 0 fully saturated rings. The summed E-state index contributed by atoms with van der Waals surface area (Å²) in [6.45, 7) is 0. The number of hydrogen-bond donors (Lipinski definition) is 0. The largest absolute Gasteiger partial charge is 0.497 e. The van der Waals surface area contributed by atoms with E-state index in [2.05, 4.69) is 60.7 Å². The number of hydrogen-bond acceptors (Lipinski definition) is 7. The van der Waals surface area contributed by atoms with Crippen LogP contribution in [0.4, 0.5) is 0 Å². The molecular formula is C45H44O7.